The van der Waals surface area contributed by atoms with E-state index in [4.69, 9.17) is 5.73 Å². The monoisotopic (exact) mass is 363 g/mol. The van der Waals surface area contributed by atoms with Crippen molar-refractivity contribution in [3.63, 3.8) is 0 Å². The molecule has 0 amide bonds. The summed E-state index contributed by atoms with van der Waals surface area (Å²) in [6.45, 7) is 1.68. The van der Waals surface area contributed by atoms with Gasteiger partial charge in [0.05, 0.1) is 4.90 Å². The average Bonchev–Trinajstić information content (AvgIpc) is 2.50. The Kier molecular flexibility index (Phi) is 3.72. The summed E-state index contributed by atoms with van der Waals surface area (Å²) in [5.41, 5.74) is 4.73. The van der Waals surface area contributed by atoms with E-state index >= 15 is 0 Å². The van der Waals surface area contributed by atoms with Gasteiger partial charge in [-0.15, -0.1) is 0 Å². The number of benzene rings is 2. The van der Waals surface area contributed by atoms with Gasteiger partial charge in [0.2, 0.25) is 5.95 Å². The highest BCUT2D eigenvalue weighted by Gasteiger charge is 2.18. The summed E-state index contributed by atoms with van der Waals surface area (Å²) in [4.78, 5) is 29.4. The number of aromatic nitrogens is 3. The van der Waals surface area contributed by atoms with Crippen LogP contribution >= 0.6 is 0 Å². The second kappa shape index (κ2) is 5.63. The van der Waals surface area contributed by atoms with Gasteiger partial charge in [-0.05, 0) is 30.0 Å². The van der Waals surface area contributed by atoms with Crippen molar-refractivity contribution in [3.8, 4) is 5.75 Å². The number of H-pyrrole nitrogens is 2. The number of anilines is 2. The number of aromatic hydroxyl groups is 1. The van der Waals surface area contributed by atoms with Crippen LogP contribution in [0.3, 0.4) is 0 Å². The lowest BCUT2D eigenvalue weighted by molar-refractivity contribution is 0.472. The van der Waals surface area contributed by atoms with Crippen molar-refractivity contribution in [2.45, 2.75) is 11.8 Å². The van der Waals surface area contributed by atoms with E-state index < -0.39 is 27.4 Å². The molecule has 0 fully saturated rings. The first-order valence-electron chi connectivity index (χ1n) is 6.92. The topological polar surface area (TPSA) is 171 Å². The zero-order chi connectivity index (χ0) is 18.4. The fourth-order valence-electron chi connectivity index (χ4n) is 2.36. The Morgan fingerprint density at radius 2 is 1.88 bits per heavy atom. The zero-order valence-electron chi connectivity index (χ0n) is 12.8. The van der Waals surface area contributed by atoms with Gasteiger partial charge in [-0.25, -0.2) is 22.7 Å². The normalized spacial score (nSPS) is 11.6. The number of phenolic OH excluding ortho intramolecular Hbond substituents is 1. The summed E-state index contributed by atoms with van der Waals surface area (Å²) in [6, 6.07) is 5.47. The molecule has 1 aromatic heterocycles. The number of fused-ring (bicyclic) bond motifs is 1. The van der Waals surface area contributed by atoms with Gasteiger partial charge >= 0.3 is 11.4 Å². The molecule has 3 aromatic rings. The van der Waals surface area contributed by atoms with E-state index in [1.165, 1.54) is 24.3 Å². The van der Waals surface area contributed by atoms with E-state index in [-0.39, 0.29) is 16.3 Å². The highest BCUT2D eigenvalue weighted by Crippen LogP contribution is 2.33. The highest BCUT2D eigenvalue weighted by atomic mass is 32.2. The van der Waals surface area contributed by atoms with Crippen LogP contribution in [0.4, 0.5) is 11.6 Å². The molecule has 0 radical (unpaired) electrons. The van der Waals surface area contributed by atoms with Crippen LogP contribution in [0.2, 0.25) is 0 Å². The van der Waals surface area contributed by atoms with Gasteiger partial charge in [-0.2, -0.15) is 4.98 Å². The van der Waals surface area contributed by atoms with Crippen LogP contribution in [0, 0.1) is 6.92 Å². The summed E-state index contributed by atoms with van der Waals surface area (Å²) in [7, 11) is -4.13. The molecule has 2 aromatic carbocycles. The van der Waals surface area contributed by atoms with Crippen LogP contribution in [0.1, 0.15) is 5.56 Å². The molecule has 130 valence electrons. The lowest BCUT2D eigenvalue weighted by Crippen LogP contribution is -2.28. The van der Waals surface area contributed by atoms with E-state index in [1.54, 1.807) is 6.92 Å². The van der Waals surface area contributed by atoms with Crippen LogP contribution < -0.4 is 21.8 Å². The minimum Gasteiger partial charge on any atom is -0.508 e. The van der Waals surface area contributed by atoms with E-state index in [0.717, 1.165) is 0 Å². The number of hydrogen-bond donors (Lipinski definition) is 5. The van der Waals surface area contributed by atoms with Gasteiger partial charge in [-0.3, -0.25) is 9.97 Å². The summed E-state index contributed by atoms with van der Waals surface area (Å²) in [5, 5.41) is 10.8. The first-order chi connectivity index (χ1) is 11.7. The smallest absolute Gasteiger partial charge is 0.352 e. The number of rotatable bonds is 3. The minimum absolute atomic E-state index is 0.00372. The Morgan fingerprint density at radius 3 is 2.56 bits per heavy atom. The maximum absolute atomic E-state index is 12.5. The van der Waals surface area contributed by atoms with Crippen molar-refractivity contribution in [1.29, 1.82) is 0 Å². The van der Waals surface area contributed by atoms with Gasteiger partial charge in [0.1, 0.15) is 5.75 Å². The molecule has 0 saturated heterocycles. The molecular formula is C14H13N5O5S. The summed E-state index contributed by atoms with van der Waals surface area (Å²) in [5.74, 6) is -0.507. The number of aromatic amines is 2. The van der Waals surface area contributed by atoms with E-state index in [9.17, 15) is 23.1 Å². The summed E-state index contributed by atoms with van der Waals surface area (Å²) >= 11 is 0. The van der Waals surface area contributed by atoms with Gasteiger partial charge in [0.25, 0.3) is 10.0 Å². The number of phenols is 1. The van der Waals surface area contributed by atoms with Crippen molar-refractivity contribution >= 4 is 32.4 Å². The first-order valence-corrected chi connectivity index (χ1v) is 8.41. The van der Waals surface area contributed by atoms with Crippen molar-refractivity contribution in [2.75, 3.05) is 10.5 Å². The number of nitrogens with one attached hydrogen (secondary N) is 3. The minimum atomic E-state index is -4.13. The third-order valence-corrected chi connectivity index (χ3v) is 4.93. The molecule has 0 bridgehead atoms. The molecule has 10 nitrogen and oxygen atoms in total. The molecule has 11 heteroatoms. The maximum atomic E-state index is 12.5. The molecule has 0 aliphatic rings. The van der Waals surface area contributed by atoms with E-state index in [1.807, 2.05) is 9.71 Å². The van der Waals surface area contributed by atoms with Crippen molar-refractivity contribution < 1.29 is 13.5 Å². The van der Waals surface area contributed by atoms with E-state index in [0.29, 0.717) is 16.3 Å². The Morgan fingerprint density at radius 1 is 1.16 bits per heavy atom. The molecule has 0 spiro atoms. The zero-order valence-corrected chi connectivity index (χ0v) is 13.6. The standard InChI is InChI=1S/C14H13N5O5S/c1-6-8-3-2-7(4-9(8)10(15)5-11(6)20)25(23,24)19-12-16-13(21)18-14(22)17-12/h2-5,20H,15H2,1H3,(H3,16,17,18,19,21,22). The van der Waals surface area contributed by atoms with Crippen LogP contribution in [0.15, 0.2) is 38.8 Å². The number of aryl methyl sites for hydroxylation is 1. The highest BCUT2D eigenvalue weighted by molar-refractivity contribution is 7.92. The van der Waals surface area contributed by atoms with Crippen LogP contribution in [0.5, 0.6) is 5.75 Å². The average molecular weight is 363 g/mol. The molecular weight excluding hydrogens is 350 g/mol. The van der Waals surface area contributed by atoms with Crippen LogP contribution in [-0.2, 0) is 10.0 Å². The number of sulfonamides is 1. The Labute approximate surface area is 140 Å². The fourth-order valence-corrected chi connectivity index (χ4v) is 3.34. The lowest BCUT2D eigenvalue weighted by Gasteiger charge is -2.11. The largest absolute Gasteiger partial charge is 0.508 e. The molecule has 0 aliphatic carbocycles. The Hall–Kier alpha value is -3.34. The molecule has 6 N–H and O–H groups in total. The summed E-state index contributed by atoms with van der Waals surface area (Å²) < 4.78 is 26.9. The van der Waals surface area contributed by atoms with E-state index in [2.05, 4.69) is 9.97 Å². The fraction of sp³-hybridized carbons (Fsp3) is 0.0714. The van der Waals surface area contributed by atoms with Crippen LogP contribution in [-0.4, -0.2) is 28.5 Å². The summed E-state index contributed by atoms with van der Waals surface area (Å²) in [6.07, 6.45) is 0. The third-order valence-electron chi connectivity index (χ3n) is 3.59. The molecule has 0 saturated carbocycles. The molecule has 0 unspecified atom stereocenters. The maximum Gasteiger partial charge on any atom is 0.352 e. The first kappa shape index (κ1) is 16.5. The van der Waals surface area contributed by atoms with Crippen molar-refractivity contribution in [1.82, 2.24) is 15.0 Å². The number of hydrogen-bond acceptors (Lipinski definition) is 7. The molecule has 0 aliphatic heterocycles. The molecule has 3 rings (SSSR count). The SMILES string of the molecule is Cc1c(O)cc(N)c2cc(S(=O)(=O)Nc3nc(=O)[nH]c(=O)[nH]3)ccc12. The number of nitrogens with zero attached hydrogens (tertiary/aromatic N) is 1. The third kappa shape index (κ3) is 3.04. The van der Waals surface area contributed by atoms with Crippen molar-refractivity contribution in [2.24, 2.45) is 0 Å². The number of nitrogens with two attached hydrogens (primary N) is 1. The predicted molar refractivity (Wildman–Crippen MR) is 91.0 cm³/mol. The quantitative estimate of drug-likeness (QED) is 0.408. The van der Waals surface area contributed by atoms with Gasteiger partial charge < -0.3 is 10.8 Å². The molecule has 25 heavy (non-hydrogen) atoms. The molecule has 0 atom stereocenters. The molecule has 1 heterocycles. The van der Waals surface area contributed by atoms with Crippen molar-refractivity contribution in [3.05, 3.63) is 50.8 Å². The lowest BCUT2D eigenvalue weighted by atomic mass is 10.0. The Bertz CT molecular complexity index is 1180. The van der Waals surface area contributed by atoms with Crippen LogP contribution in [0.25, 0.3) is 10.8 Å². The van der Waals surface area contributed by atoms with Gasteiger partial charge in [0, 0.05) is 17.1 Å². The predicted octanol–water partition coefficient (Wildman–Crippen LogP) is 0.00842. The van der Waals surface area contributed by atoms with Gasteiger partial charge in [0.15, 0.2) is 0 Å². The second-order valence-electron chi connectivity index (χ2n) is 5.27. The second-order valence-corrected chi connectivity index (χ2v) is 6.95. The van der Waals surface area contributed by atoms with Gasteiger partial charge in [-0.1, -0.05) is 6.07 Å². The Balaban J connectivity index is 2.11. The number of nitrogen functional groups attached to an aromatic ring is 1.